The third kappa shape index (κ3) is 1.43. The Labute approximate surface area is 88.3 Å². The van der Waals surface area contributed by atoms with Gasteiger partial charge in [-0.25, -0.2) is 18.1 Å². The van der Waals surface area contributed by atoms with Crippen molar-refractivity contribution in [2.24, 2.45) is 0 Å². The first-order valence-electron chi connectivity index (χ1n) is 4.38. The monoisotopic (exact) mass is 227 g/mol. The van der Waals surface area contributed by atoms with Gasteiger partial charge < -0.3 is 10.2 Å². The van der Waals surface area contributed by atoms with Gasteiger partial charge >= 0.3 is 6.09 Å². The molecule has 2 aromatic rings. The number of hydrogen-bond donors (Lipinski definition) is 2. The van der Waals surface area contributed by atoms with Crippen LogP contribution in [0.1, 0.15) is 5.69 Å². The van der Waals surface area contributed by atoms with Crippen LogP contribution in [-0.4, -0.2) is 20.9 Å². The van der Waals surface area contributed by atoms with Crippen molar-refractivity contribution in [1.29, 1.82) is 0 Å². The first-order chi connectivity index (χ1) is 7.54. The molecule has 0 aliphatic carbocycles. The maximum Gasteiger partial charge on any atom is 0.416 e. The van der Waals surface area contributed by atoms with E-state index in [0.717, 1.165) is 6.07 Å². The maximum atomic E-state index is 13.3. The molecule has 0 spiro atoms. The summed E-state index contributed by atoms with van der Waals surface area (Å²) in [6.45, 7) is -0.567. The molecule has 0 saturated carbocycles. The molecule has 0 bridgehead atoms. The van der Waals surface area contributed by atoms with Crippen LogP contribution in [0, 0.1) is 11.6 Å². The number of benzene rings is 1. The van der Waals surface area contributed by atoms with E-state index < -0.39 is 24.3 Å². The van der Waals surface area contributed by atoms with Crippen molar-refractivity contribution < 1.29 is 23.8 Å². The zero-order valence-corrected chi connectivity index (χ0v) is 7.94. The van der Waals surface area contributed by atoms with E-state index in [2.05, 4.69) is 0 Å². The summed E-state index contributed by atoms with van der Waals surface area (Å²) in [7, 11) is 0. The lowest BCUT2D eigenvalue weighted by Crippen LogP contribution is -2.11. The minimum atomic E-state index is -1.40. The Kier molecular flexibility index (Phi) is 2.35. The van der Waals surface area contributed by atoms with Crippen LogP contribution in [0.4, 0.5) is 13.6 Å². The highest BCUT2D eigenvalue weighted by Crippen LogP contribution is 2.24. The number of halogens is 2. The molecule has 0 saturated heterocycles. The fraction of sp³-hybridized carbons (Fsp3) is 0.100. The van der Waals surface area contributed by atoms with Crippen LogP contribution in [0.25, 0.3) is 10.9 Å². The van der Waals surface area contributed by atoms with Gasteiger partial charge in [0.1, 0.15) is 11.6 Å². The van der Waals surface area contributed by atoms with Crippen molar-refractivity contribution in [2.45, 2.75) is 6.61 Å². The Morgan fingerprint density at radius 3 is 2.56 bits per heavy atom. The Hall–Kier alpha value is -1.95. The van der Waals surface area contributed by atoms with Gasteiger partial charge in [0.25, 0.3) is 0 Å². The van der Waals surface area contributed by atoms with E-state index in [1.165, 1.54) is 6.07 Å². The molecular weight excluding hydrogens is 220 g/mol. The van der Waals surface area contributed by atoms with Gasteiger partial charge in [0, 0.05) is 11.5 Å². The predicted octanol–water partition coefficient (Wildman–Crippen LogP) is 1.94. The minimum absolute atomic E-state index is 0.00741. The van der Waals surface area contributed by atoms with Crippen LogP contribution in [0.3, 0.4) is 0 Å². The molecule has 0 aliphatic rings. The molecule has 0 aliphatic heterocycles. The lowest BCUT2D eigenvalue weighted by atomic mass is 10.2. The molecule has 1 aromatic carbocycles. The summed E-state index contributed by atoms with van der Waals surface area (Å²) in [5.74, 6) is -1.72. The van der Waals surface area contributed by atoms with Gasteiger partial charge in [0.05, 0.1) is 17.8 Å². The number of aliphatic hydroxyl groups excluding tert-OH is 1. The molecule has 0 atom stereocenters. The molecule has 0 amide bonds. The average molecular weight is 227 g/mol. The van der Waals surface area contributed by atoms with E-state index in [1.807, 2.05) is 0 Å². The molecule has 84 valence electrons. The van der Waals surface area contributed by atoms with Crippen molar-refractivity contribution in [3.63, 3.8) is 0 Å². The first-order valence-corrected chi connectivity index (χ1v) is 4.38. The number of rotatable bonds is 1. The Morgan fingerprint density at radius 1 is 1.31 bits per heavy atom. The Morgan fingerprint density at radius 2 is 2.00 bits per heavy atom. The van der Waals surface area contributed by atoms with E-state index in [4.69, 9.17) is 10.2 Å². The van der Waals surface area contributed by atoms with E-state index in [9.17, 15) is 13.6 Å². The smallest absolute Gasteiger partial charge is 0.416 e. The van der Waals surface area contributed by atoms with Crippen LogP contribution in [0.5, 0.6) is 0 Å². The van der Waals surface area contributed by atoms with Gasteiger partial charge in [-0.05, 0) is 12.1 Å². The quantitative estimate of drug-likeness (QED) is 0.782. The second-order valence-electron chi connectivity index (χ2n) is 3.23. The normalized spacial score (nSPS) is 10.9. The molecule has 0 unspecified atom stereocenters. The van der Waals surface area contributed by atoms with Gasteiger partial charge in [-0.3, -0.25) is 0 Å². The van der Waals surface area contributed by atoms with Crippen LogP contribution in [-0.2, 0) is 6.61 Å². The molecule has 4 nitrogen and oxygen atoms in total. The standard InChI is InChI=1S/C10H7F2NO3/c11-5-1-8(12)7-3-6(4-14)13(10(15)16)9(7)2-5/h1-3,14H,4H2,(H,15,16). The number of nitrogens with zero attached hydrogens (tertiary/aromatic N) is 1. The fourth-order valence-electron chi connectivity index (χ4n) is 1.63. The number of aromatic nitrogens is 1. The van der Waals surface area contributed by atoms with Gasteiger partial charge in [-0.2, -0.15) is 0 Å². The lowest BCUT2D eigenvalue weighted by molar-refractivity contribution is 0.193. The molecule has 0 radical (unpaired) electrons. The summed E-state index contributed by atoms with van der Waals surface area (Å²) in [6.07, 6.45) is -1.40. The molecule has 2 rings (SSSR count). The zero-order chi connectivity index (χ0) is 11.9. The SMILES string of the molecule is O=C(O)n1c(CO)cc2c(F)cc(F)cc21. The molecule has 6 heteroatoms. The second-order valence-corrected chi connectivity index (χ2v) is 3.23. The number of fused-ring (bicyclic) bond motifs is 1. The third-order valence-corrected chi connectivity index (χ3v) is 2.26. The van der Waals surface area contributed by atoms with Crippen molar-refractivity contribution in [1.82, 2.24) is 4.57 Å². The van der Waals surface area contributed by atoms with E-state index in [1.54, 1.807) is 0 Å². The molecule has 1 aromatic heterocycles. The number of hydrogen-bond acceptors (Lipinski definition) is 2. The molecule has 0 fully saturated rings. The number of aliphatic hydroxyl groups is 1. The van der Waals surface area contributed by atoms with Gasteiger partial charge in [0.2, 0.25) is 0 Å². The van der Waals surface area contributed by atoms with Crippen molar-refractivity contribution in [3.8, 4) is 0 Å². The predicted molar refractivity (Wildman–Crippen MR) is 51.2 cm³/mol. The van der Waals surface area contributed by atoms with Crippen LogP contribution >= 0.6 is 0 Å². The molecular formula is C10H7F2NO3. The Balaban J connectivity index is 2.89. The molecule has 2 N–H and O–H groups in total. The summed E-state index contributed by atoms with van der Waals surface area (Å²) in [4.78, 5) is 10.9. The van der Waals surface area contributed by atoms with Crippen LogP contribution in [0.15, 0.2) is 18.2 Å². The largest absolute Gasteiger partial charge is 0.464 e. The maximum absolute atomic E-state index is 13.3. The summed E-state index contributed by atoms with van der Waals surface area (Å²) >= 11 is 0. The van der Waals surface area contributed by atoms with E-state index >= 15 is 0 Å². The summed E-state index contributed by atoms with van der Waals surface area (Å²) < 4.78 is 26.9. The lowest BCUT2D eigenvalue weighted by Gasteiger charge is -2.02. The van der Waals surface area contributed by atoms with Crippen molar-refractivity contribution in [2.75, 3.05) is 0 Å². The van der Waals surface area contributed by atoms with Crippen LogP contribution < -0.4 is 0 Å². The number of carboxylic acid groups (broad SMARTS) is 1. The summed E-state index contributed by atoms with van der Waals surface area (Å²) in [6, 6.07) is 2.75. The average Bonchev–Trinajstić information content (AvgIpc) is 2.56. The topological polar surface area (TPSA) is 62.5 Å². The molecule has 16 heavy (non-hydrogen) atoms. The highest BCUT2D eigenvalue weighted by molar-refractivity contribution is 5.90. The first kappa shape index (κ1) is 10.6. The molecule has 1 heterocycles. The highest BCUT2D eigenvalue weighted by Gasteiger charge is 2.16. The van der Waals surface area contributed by atoms with Gasteiger partial charge in [-0.15, -0.1) is 0 Å². The van der Waals surface area contributed by atoms with Crippen LogP contribution in [0.2, 0.25) is 0 Å². The van der Waals surface area contributed by atoms with E-state index in [0.29, 0.717) is 10.6 Å². The van der Waals surface area contributed by atoms with Gasteiger partial charge in [-0.1, -0.05) is 0 Å². The summed E-state index contributed by atoms with van der Waals surface area (Å²) in [5, 5.41) is 17.8. The third-order valence-electron chi connectivity index (χ3n) is 2.26. The Bertz CT molecular complexity index is 577. The van der Waals surface area contributed by atoms with Crippen molar-refractivity contribution in [3.05, 3.63) is 35.5 Å². The van der Waals surface area contributed by atoms with Gasteiger partial charge in [0.15, 0.2) is 0 Å². The highest BCUT2D eigenvalue weighted by atomic mass is 19.1. The second kappa shape index (κ2) is 3.57. The zero-order valence-electron chi connectivity index (χ0n) is 7.94. The summed E-state index contributed by atoms with van der Waals surface area (Å²) in [5.41, 5.74) is -0.124. The minimum Gasteiger partial charge on any atom is -0.464 e. The van der Waals surface area contributed by atoms with E-state index in [-0.39, 0.29) is 16.6 Å². The number of carbonyl (C=O) groups is 1. The fourth-order valence-corrected chi connectivity index (χ4v) is 1.63. The van der Waals surface area contributed by atoms with Crippen molar-refractivity contribution >= 4 is 17.0 Å².